The summed E-state index contributed by atoms with van der Waals surface area (Å²) in [6.45, 7) is 0. The molecule has 0 aliphatic heterocycles. The van der Waals surface area contributed by atoms with Gasteiger partial charge in [0.15, 0.2) is 0 Å². The van der Waals surface area contributed by atoms with Crippen molar-refractivity contribution in [2.75, 3.05) is 0 Å². The average Bonchev–Trinajstić information content (AvgIpc) is 2.84. The zero-order valence-electron chi connectivity index (χ0n) is 8.27. The van der Waals surface area contributed by atoms with Gasteiger partial charge in [-0.15, -0.1) is 21.5 Å². The van der Waals surface area contributed by atoms with E-state index in [0.29, 0.717) is 5.82 Å². The second-order valence-electron chi connectivity index (χ2n) is 2.90. The molecule has 0 unspecified atom stereocenters. The molecule has 82 valence electrons. The average molecular weight is 237 g/mol. The van der Waals surface area contributed by atoms with E-state index >= 15 is 0 Å². The summed E-state index contributed by atoms with van der Waals surface area (Å²) in [5.74, 6) is 0.457. The Morgan fingerprint density at radius 2 is 2.38 bits per heavy atom. The number of rotatable bonds is 3. The van der Waals surface area contributed by atoms with Gasteiger partial charge in [0.25, 0.3) is 0 Å². The fraction of sp³-hybridized carbons (Fsp3) is 0.125. The minimum Gasteiger partial charge on any atom is -0.358 e. The van der Waals surface area contributed by atoms with Gasteiger partial charge in [-0.05, 0) is 11.0 Å². The van der Waals surface area contributed by atoms with E-state index in [-0.39, 0.29) is 5.82 Å². The first-order chi connectivity index (χ1) is 7.68. The highest BCUT2D eigenvalue weighted by atomic mass is 32.1. The molecule has 2 aromatic rings. The lowest BCUT2D eigenvalue weighted by atomic mass is 10.5. The van der Waals surface area contributed by atoms with E-state index < -0.39 is 4.92 Å². The van der Waals surface area contributed by atoms with Gasteiger partial charge in [0, 0.05) is 6.08 Å². The number of hydrogen-bond donors (Lipinski definition) is 0. The molecule has 0 atom stereocenters. The summed E-state index contributed by atoms with van der Waals surface area (Å²) in [6, 6.07) is 0. The van der Waals surface area contributed by atoms with Crippen molar-refractivity contribution in [3.63, 3.8) is 0 Å². The Morgan fingerprint density at radius 1 is 1.56 bits per heavy atom. The van der Waals surface area contributed by atoms with E-state index in [4.69, 9.17) is 0 Å². The quantitative estimate of drug-likeness (QED) is 0.594. The molecular formula is C8H7N5O2S. The zero-order chi connectivity index (χ0) is 11.5. The van der Waals surface area contributed by atoms with Crippen LogP contribution in [-0.2, 0) is 7.05 Å². The maximum Gasteiger partial charge on any atom is 0.342 e. The Labute approximate surface area is 94.2 Å². The minimum atomic E-state index is -0.477. The molecule has 0 fully saturated rings. The molecule has 0 amide bonds. The van der Waals surface area contributed by atoms with Gasteiger partial charge in [0.2, 0.25) is 5.82 Å². The predicted molar refractivity (Wildman–Crippen MR) is 58.7 cm³/mol. The maximum absolute atomic E-state index is 10.6. The highest BCUT2D eigenvalue weighted by Crippen LogP contribution is 2.14. The molecule has 2 rings (SSSR count). The first kappa shape index (κ1) is 10.4. The topological polar surface area (TPSA) is 86.7 Å². The molecule has 0 saturated carbocycles. The maximum atomic E-state index is 10.6. The molecule has 8 heteroatoms. The van der Waals surface area contributed by atoms with Gasteiger partial charge < -0.3 is 10.1 Å². The molecule has 0 aromatic carbocycles. The third-order valence-electron chi connectivity index (χ3n) is 1.94. The van der Waals surface area contributed by atoms with Crippen LogP contribution in [0.5, 0.6) is 0 Å². The lowest BCUT2D eigenvalue weighted by Crippen LogP contribution is -1.98. The van der Waals surface area contributed by atoms with Crippen molar-refractivity contribution in [2.45, 2.75) is 0 Å². The Hall–Kier alpha value is -2.09. The minimum absolute atomic E-state index is 0.0445. The number of hydrogen-bond acceptors (Lipinski definition) is 6. The van der Waals surface area contributed by atoms with Crippen molar-refractivity contribution in [3.8, 4) is 0 Å². The van der Waals surface area contributed by atoms with E-state index in [1.165, 1.54) is 22.1 Å². The molecular weight excluding hydrogens is 230 g/mol. The van der Waals surface area contributed by atoms with E-state index in [2.05, 4.69) is 15.2 Å². The smallest absolute Gasteiger partial charge is 0.342 e. The lowest BCUT2D eigenvalue weighted by Gasteiger charge is -1.93. The molecule has 0 spiro atoms. The molecule has 0 radical (unpaired) electrons. The summed E-state index contributed by atoms with van der Waals surface area (Å²) in [6.07, 6.45) is 4.59. The van der Waals surface area contributed by atoms with Crippen LogP contribution in [0.2, 0.25) is 0 Å². The van der Waals surface area contributed by atoms with Crippen LogP contribution >= 0.6 is 11.3 Å². The highest BCUT2D eigenvalue weighted by Gasteiger charge is 2.13. The van der Waals surface area contributed by atoms with Crippen LogP contribution in [-0.4, -0.2) is 24.7 Å². The Balaban J connectivity index is 2.26. The third-order valence-corrected chi connectivity index (χ3v) is 2.60. The summed E-state index contributed by atoms with van der Waals surface area (Å²) in [7, 11) is 1.59. The van der Waals surface area contributed by atoms with Gasteiger partial charge in [-0.25, -0.2) is 9.55 Å². The summed E-state index contributed by atoms with van der Waals surface area (Å²) in [4.78, 5) is 14.0. The molecule has 0 bridgehead atoms. The molecule has 7 nitrogen and oxygen atoms in total. The summed E-state index contributed by atoms with van der Waals surface area (Å²) in [5, 5.41) is 18.8. The Morgan fingerprint density at radius 3 is 2.94 bits per heavy atom. The number of nitrogens with zero attached hydrogens (tertiary/aromatic N) is 5. The molecule has 0 saturated heterocycles. The molecule has 0 aliphatic carbocycles. The Bertz CT molecular complexity index is 531. The highest BCUT2D eigenvalue weighted by molar-refractivity contribution is 7.10. The molecule has 0 aliphatic rings. The summed E-state index contributed by atoms with van der Waals surface area (Å²) < 4.78 is 1.40. The van der Waals surface area contributed by atoms with E-state index in [9.17, 15) is 10.1 Å². The van der Waals surface area contributed by atoms with Crippen molar-refractivity contribution < 1.29 is 4.92 Å². The van der Waals surface area contributed by atoms with Crippen molar-refractivity contribution in [2.24, 2.45) is 7.05 Å². The second-order valence-corrected chi connectivity index (χ2v) is 3.77. The summed E-state index contributed by atoms with van der Waals surface area (Å²) in [5.41, 5.74) is 1.61. The largest absolute Gasteiger partial charge is 0.358 e. The van der Waals surface area contributed by atoms with Crippen LogP contribution in [0.3, 0.4) is 0 Å². The van der Waals surface area contributed by atoms with Gasteiger partial charge in [-0.1, -0.05) is 0 Å². The number of nitro groups is 1. The zero-order valence-corrected chi connectivity index (χ0v) is 9.09. The van der Waals surface area contributed by atoms with E-state index in [1.54, 1.807) is 24.7 Å². The molecule has 2 heterocycles. The monoisotopic (exact) mass is 237 g/mol. The van der Waals surface area contributed by atoms with Gasteiger partial charge in [-0.2, -0.15) is 0 Å². The van der Waals surface area contributed by atoms with Crippen LogP contribution in [0.4, 0.5) is 5.82 Å². The van der Waals surface area contributed by atoms with Crippen LogP contribution < -0.4 is 0 Å². The van der Waals surface area contributed by atoms with Gasteiger partial charge in [0.05, 0.1) is 7.05 Å². The van der Waals surface area contributed by atoms with Crippen LogP contribution in [0, 0.1) is 10.1 Å². The first-order valence-corrected chi connectivity index (χ1v) is 5.17. The van der Waals surface area contributed by atoms with Crippen molar-refractivity contribution in [1.82, 2.24) is 19.7 Å². The number of imidazole rings is 1. The normalized spacial score (nSPS) is 11.1. The van der Waals surface area contributed by atoms with E-state index in [0.717, 1.165) is 5.01 Å². The standard InChI is InChI=1S/C8H7N5O2S/c1-12-6(9-4-8(12)13(14)15)2-3-7-11-10-5-16-7/h2-5H,1H3/b3-2+. The van der Waals surface area contributed by atoms with Crippen LogP contribution in [0.25, 0.3) is 12.2 Å². The van der Waals surface area contributed by atoms with Crippen LogP contribution in [0.15, 0.2) is 11.7 Å². The van der Waals surface area contributed by atoms with Crippen molar-refractivity contribution in [1.29, 1.82) is 0 Å². The molecule has 0 N–H and O–H groups in total. The fourth-order valence-electron chi connectivity index (χ4n) is 1.14. The summed E-state index contributed by atoms with van der Waals surface area (Å²) >= 11 is 1.38. The SMILES string of the molecule is Cn1c([N+](=O)[O-])cnc1/C=C/c1nncs1. The third kappa shape index (κ3) is 1.96. The number of aromatic nitrogens is 4. The lowest BCUT2D eigenvalue weighted by molar-refractivity contribution is -0.391. The van der Waals surface area contributed by atoms with Gasteiger partial charge in [0.1, 0.15) is 16.7 Å². The van der Waals surface area contributed by atoms with E-state index in [1.807, 2.05) is 0 Å². The molecule has 16 heavy (non-hydrogen) atoms. The van der Waals surface area contributed by atoms with Crippen molar-refractivity contribution in [3.05, 3.63) is 32.7 Å². The van der Waals surface area contributed by atoms with Gasteiger partial charge >= 0.3 is 5.82 Å². The van der Waals surface area contributed by atoms with Crippen LogP contribution in [0.1, 0.15) is 10.8 Å². The van der Waals surface area contributed by atoms with Crippen molar-refractivity contribution >= 4 is 29.3 Å². The molecule has 2 aromatic heterocycles. The van der Waals surface area contributed by atoms with Gasteiger partial charge in [-0.3, -0.25) is 0 Å². The predicted octanol–water partition coefficient (Wildman–Crippen LogP) is 1.35. The Kier molecular flexibility index (Phi) is 2.73. The fourth-order valence-corrected chi connectivity index (χ4v) is 1.58. The first-order valence-electron chi connectivity index (χ1n) is 4.29. The second kappa shape index (κ2) is 4.19.